The summed E-state index contributed by atoms with van der Waals surface area (Å²) < 4.78 is 42.3. The first-order chi connectivity index (χ1) is 8.62. The first kappa shape index (κ1) is 14.7. The number of nitro groups is 1. The van der Waals surface area contributed by atoms with Crippen molar-refractivity contribution in [1.29, 1.82) is 5.41 Å². The molecule has 104 valence electrons. The van der Waals surface area contributed by atoms with Crippen LogP contribution in [0.2, 0.25) is 0 Å². The molecular formula is C10H10F3N3O3. The second-order valence-corrected chi connectivity index (χ2v) is 3.65. The number of nitrogens with zero attached hydrogens (tertiary/aromatic N) is 1. The van der Waals surface area contributed by atoms with Gasteiger partial charge in [0, 0.05) is 6.07 Å². The van der Waals surface area contributed by atoms with E-state index in [1.165, 1.54) is 6.92 Å². The highest BCUT2D eigenvalue weighted by atomic mass is 19.4. The number of hydrogen-bond donors (Lipinski definition) is 2. The van der Waals surface area contributed by atoms with Crippen LogP contribution in [0.1, 0.15) is 12.5 Å². The number of halogens is 3. The highest BCUT2D eigenvalue weighted by Crippen LogP contribution is 2.36. The number of ether oxygens (including phenoxy) is 1. The van der Waals surface area contributed by atoms with Crippen LogP contribution in [0.25, 0.3) is 0 Å². The molecule has 0 aliphatic heterocycles. The summed E-state index contributed by atoms with van der Waals surface area (Å²) in [5.41, 5.74) is 3.14. The van der Waals surface area contributed by atoms with E-state index in [0.29, 0.717) is 12.1 Å². The highest BCUT2D eigenvalue weighted by Gasteiger charge is 2.33. The van der Waals surface area contributed by atoms with Gasteiger partial charge in [0.25, 0.3) is 0 Å². The third kappa shape index (κ3) is 3.57. The van der Waals surface area contributed by atoms with Crippen LogP contribution >= 0.6 is 0 Å². The topological polar surface area (TPSA) is 102 Å². The summed E-state index contributed by atoms with van der Waals surface area (Å²) in [6.07, 6.45) is -5.66. The Hall–Kier alpha value is -2.32. The number of benzene rings is 1. The minimum absolute atomic E-state index is 0.374. The second-order valence-electron chi connectivity index (χ2n) is 3.65. The largest absolute Gasteiger partial charge is 0.476 e. The van der Waals surface area contributed by atoms with Crippen molar-refractivity contribution in [3.05, 3.63) is 33.9 Å². The molecule has 0 bridgehead atoms. The molecule has 0 heterocycles. The second kappa shape index (κ2) is 5.12. The van der Waals surface area contributed by atoms with E-state index < -0.39 is 34.3 Å². The molecule has 1 aromatic carbocycles. The lowest BCUT2D eigenvalue weighted by Crippen LogP contribution is -2.30. The Balaban J connectivity index is 3.19. The van der Waals surface area contributed by atoms with Crippen molar-refractivity contribution in [3.8, 4) is 5.75 Å². The normalized spacial score (nSPS) is 12.8. The summed E-state index contributed by atoms with van der Waals surface area (Å²) in [4.78, 5) is 9.74. The molecule has 0 aliphatic carbocycles. The third-order valence-corrected chi connectivity index (χ3v) is 2.22. The summed E-state index contributed by atoms with van der Waals surface area (Å²) in [6, 6.07) is 1.87. The number of alkyl halides is 3. The van der Waals surface area contributed by atoms with Gasteiger partial charge in [-0.3, -0.25) is 15.5 Å². The van der Waals surface area contributed by atoms with Crippen molar-refractivity contribution in [2.45, 2.75) is 19.2 Å². The summed E-state index contributed by atoms with van der Waals surface area (Å²) in [7, 11) is 0. The quantitative estimate of drug-likeness (QED) is 0.381. The van der Waals surface area contributed by atoms with Crippen LogP contribution in [0.5, 0.6) is 5.75 Å². The van der Waals surface area contributed by atoms with Crippen LogP contribution in [0.3, 0.4) is 0 Å². The lowest BCUT2D eigenvalue weighted by Gasteiger charge is -2.14. The van der Waals surface area contributed by atoms with Crippen molar-refractivity contribution in [1.82, 2.24) is 0 Å². The number of nitrogens with one attached hydrogen (secondary N) is 1. The van der Waals surface area contributed by atoms with E-state index in [0.717, 1.165) is 6.07 Å². The first-order valence-electron chi connectivity index (χ1n) is 4.99. The Bertz CT molecular complexity index is 516. The fraction of sp³-hybridized carbons (Fsp3) is 0.300. The number of nitro benzene ring substituents is 1. The summed E-state index contributed by atoms with van der Waals surface area (Å²) >= 11 is 0. The SMILES string of the molecule is CC(Oc1ccc(C(F)(F)F)cc1[N+](=O)[O-])C(=N)N. The lowest BCUT2D eigenvalue weighted by atomic mass is 10.2. The maximum atomic E-state index is 12.4. The Labute approximate surface area is 105 Å². The van der Waals surface area contributed by atoms with Crippen molar-refractivity contribution >= 4 is 11.5 Å². The molecule has 3 N–H and O–H groups in total. The zero-order valence-electron chi connectivity index (χ0n) is 9.69. The van der Waals surface area contributed by atoms with Crippen molar-refractivity contribution in [2.75, 3.05) is 0 Å². The Kier molecular flexibility index (Phi) is 3.98. The van der Waals surface area contributed by atoms with Gasteiger partial charge in [0.05, 0.1) is 10.5 Å². The van der Waals surface area contributed by atoms with Gasteiger partial charge in [-0.05, 0) is 19.1 Å². The van der Waals surface area contributed by atoms with Crippen molar-refractivity contribution in [2.24, 2.45) is 5.73 Å². The van der Waals surface area contributed by atoms with Crippen LogP contribution in [-0.2, 0) is 6.18 Å². The van der Waals surface area contributed by atoms with Crippen LogP contribution in [0, 0.1) is 15.5 Å². The average Bonchev–Trinajstić information content (AvgIpc) is 2.27. The molecule has 1 rings (SSSR count). The van der Waals surface area contributed by atoms with Gasteiger partial charge in [-0.1, -0.05) is 0 Å². The van der Waals surface area contributed by atoms with Crippen LogP contribution in [0.15, 0.2) is 18.2 Å². The molecule has 1 unspecified atom stereocenters. The molecular weight excluding hydrogens is 267 g/mol. The van der Waals surface area contributed by atoms with Gasteiger partial charge >= 0.3 is 11.9 Å². The van der Waals surface area contributed by atoms with Crippen LogP contribution < -0.4 is 10.5 Å². The van der Waals surface area contributed by atoms with Gasteiger partial charge in [-0.15, -0.1) is 0 Å². The Morgan fingerprint density at radius 3 is 2.53 bits per heavy atom. The molecule has 0 aliphatic rings. The number of nitrogens with two attached hydrogens (primary N) is 1. The summed E-state index contributed by atoms with van der Waals surface area (Å²) in [5, 5.41) is 17.8. The Morgan fingerprint density at radius 1 is 1.53 bits per heavy atom. The molecule has 0 saturated carbocycles. The van der Waals surface area contributed by atoms with Crippen LogP contribution in [0.4, 0.5) is 18.9 Å². The fourth-order valence-electron chi connectivity index (χ4n) is 1.19. The first-order valence-corrected chi connectivity index (χ1v) is 4.99. The van der Waals surface area contributed by atoms with Crippen molar-refractivity contribution < 1.29 is 22.8 Å². The van der Waals surface area contributed by atoms with E-state index >= 15 is 0 Å². The average molecular weight is 277 g/mol. The molecule has 6 nitrogen and oxygen atoms in total. The van der Waals surface area contributed by atoms with E-state index in [1.807, 2.05) is 0 Å². The molecule has 1 aromatic rings. The molecule has 0 fully saturated rings. The van der Waals surface area contributed by atoms with Crippen LogP contribution in [-0.4, -0.2) is 16.9 Å². The standard InChI is InChI=1S/C10H10F3N3O3/c1-5(9(14)15)19-8-3-2-6(10(11,12)13)4-7(8)16(17)18/h2-5H,1H3,(H3,14,15). The predicted octanol–water partition coefficient (Wildman–Crippen LogP) is 2.32. The van der Waals surface area contributed by atoms with E-state index in [1.54, 1.807) is 0 Å². The van der Waals surface area contributed by atoms with Gasteiger partial charge in [0.1, 0.15) is 5.84 Å². The molecule has 0 amide bonds. The van der Waals surface area contributed by atoms with E-state index in [2.05, 4.69) is 0 Å². The lowest BCUT2D eigenvalue weighted by molar-refractivity contribution is -0.386. The zero-order valence-corrected chi connectivity index (χ0v) is 9.69. The molecule has 0 aromatic heterocycles. The van der Waals surface area contributed by atoms with Gasteiger partial charge < -0.3 is 10.5 Å². The number of amidine groups is 1. The molecule has 9 heteroatoms. The summed E-state index contributed by atoms with van der Waals surface area (Å²) in [6.45, 7) is 1.35. The van der Waals surface area contributed by atoms with Gasteiger partial charge in [-0.2, -0.15) is 13.2 Å². The maximum Gasteiger partial charge on any atom is 0.416 e. The van der Waals surface area contributed by atoms with E-state index in [-0.39, 0.29) is 5.75 Å². The number of hydrogen-bond acceptors (Lipinski definition) is 4. The van der Waals surface area contributed by atoms with Gasteiger partial charge in [-0.25, -0.2) is 0 Å². The minimum atomic E-state index is -4.69. The van der Waals surface area contributed by atoms with Gasteiger partial charge in [0.15, 0.2) is 11.9 Å². The molecule has 19 heavy (non-hydrogen) atoms. The minimum Gasteiger partial charge on any atom is -0.476 e. The monoisotopic (exact) mass is 277 g/mol. The smallest absolute Gasteiger partial charge is 0.416 e. The zero-order chi connectivity index (χ0) is 14.8. The number of rotatable bonds is 4. The van der Waals surface area contributed by atoms with E-state index in [9.17, 15) is 23.3 Å². The molecule has 0 saturated heterocycles. The molecule has 0 spiro atoms. The van der Waals surface area contributed by atoms with Crippen molar-refractivity contribution in [3.63, 3.8) is 0 Å². The third-order valence-electron chi connectivity index (χ3n) is 2.22. The van der Waals surface area contributed by atoms with E-state index in [4.69, 9.17) is 15.9 Å². The highest BCUT2D eigenvalue weighted by molar-refractivity contribution is 5.81. The Morgan fingerprint density at radius 2 is 2.11 bits per heavy atom. The maximum absolute atomic E-state index is 12.4. The molecule has 1 atom stereocenters. The fourth-order valence-corrected chi connectivity index (χ4v) is 1.19. The van der Waals surface area contributed by atoms with Gasteiger partial charge in [0.2, 0.25) is 0 Å². The molecule has 0 radical (unpaired) electrons. The predicted molar refractivity (Wildman–Crippen MR) is 60.1 cm³/mol. The summed E-state index contributed by atoms with van der Waals surface area (Å²) in [5.74, 6) is -0.769.